The van der Waals surface area contributed by atoms with E-state index >= 15 is 0 Å². The molecule has 0 aromatic carbocycles. The van der Waals surface area contributed by atoms with Crippen LogP contribution in [-0.2, 0) is 30.0 Å². The first kappa shape index (κ1) is 14.3. The van der Waals surface area contributed by atoms with Crippen LogP contribution in [0.25, 0.3) is 0 Å². The fraction of sp³-hybridized carbons (Fsp3) is 0.667. The molecule has 0 atom stereocenters. The fourth-order valence-corrected chi connectivity index (χ4v) is 3.06. The molecule has 2 rings (SSSR count). The van der Waals surface area contributed by atoms with E-state index in [2.05, 4.69) is 9.82 Å². The number of nitrogens with one attached hydrogen (secondary N) is 1. The highest BCUT2D eigenvalue weighted by Gasteiger charge is 2.35. The van der Waals surface area contributed by atoms with E-state index in [4.69, 9.17) is 0 Å². The van der Waals surface area contributed by atoms with Crippen LogP contribution in [0.1, 0.15) is 17.8 Å². The van der Waals surface area contributed by atoms with Crippen LogP contribution in [0.5, 0.6) is 0 Å². The number of hydrogen-bond acceptors (Lipinski definition) is 3. The van der Waals surface area contributed by atoms with Crippen molar-refractivity contribution in [2.75, 3.05) is 13.1 Å². The smallest absolute Gasteiger partial charge is 0.271 e. The van der Waals surface area contributed by atoms with E-state index in [1.807, 2.05) is 0 Å². The number of nitrogens with zero attached hydrogens (tertiary/aromatic N) is 3. The molecule has 0 saturated carbocycles. The summed E-state index contributed by atoms with van der Waals surface area (Å²) in [5.41, 5.74) is -0.827. The van der Waals surface area contributed by atoms with Gasteiger partial charge in [-0.2, -0.15) is 31.0 Å². The van der Waals surface area contributed by atoms with Gasteiger partial charge in [-0.1, -0.05) is 0 Å². The van der Waals surface area contributed by atoms with Gasteiger partial charge in [0.2, 0.25) is 0 Å². The van der Waals surface area contributed by atoms with E-state index in [-0.39, 0.29) is 18.8 Å². The minimum atomic E-state index is -4.53. The van der Waals surface area contributed by atoms with Crippen LogP contribution in [0.2, 0.25) is 0 Å². The topological polar surface area (TPSA) is 67.2 Å². The van der Waals surface area contributed by atoms with Gasteiger partial charge >= 0.3 is 6.18 Å². The third-order valence-electron chi connectivity index (χ3n) is 2.81. The van der Waals surface area contributed by atoms with Crippen LogP contribution in [0.3, 0.4) is 0 Å². The standard InChI is InChI=1S/C9H13F3N4O2S/c1-15-7(5-8(14-15)9(10,11)12)6-16-4-2-3-13-19(16,17)18/h5,13H,2-4,6H2,1H3. The zero-order valence-corrected chi connectivity index (χ0v) is 10.9. The molecule has 19 heavy (non-hydrogen) atoms. The van der Waals surface area contributed by atoms with Crippen LogP contribution in [0, 0.1) is 0 Å². The molecule has 0 bridgehead atoms. The fourth-order valence-electron chi connectivity index (χ4n) is 1.81. The lowest BCUT2D eigenvalue weighted by molar-refractivity contribution is -0.141. The van der Waals surface area contributed by atoms with Gasteiger partial charge in [0.25, 0.3) is 10.2 Å². The van der Waals surface area contributed by atoms with Gasteiger partial charge in [-0.3, -0.25) is 4.68 Å². The second kappa shape index (κ2) is 4.76. The maximum absolute atomic E-state index is 12.5. The van der Waals surface area contributed by atoms with E-state index in [0.717, 1.165) is 15.1 Å². The molecule has 0 unspecified atom stereocenters. The molecule has 1 fully saturated rings. The van der Waals surface area contributed by atoms with Crippen molar-refractivity contribution in [2.24, 2.45) is 7.05 Å². The Morgan fingerprint density at radius 1 is 1.47 bits per heavy atom. The number of alkyl halides is 3. The molecule has 2 heterocycles. The van der Waals surface area contributed by atoms with Crippen molar-refractivity contribution < 1.29 is 21.6 Å². The maximum Gasteiger partial charge on any atom is 0.435 e. The summed E-state index contributed by atoms with van der Waals surface area (Å²) in [6, 6.07) is 0.865. The highest BCUT2D eigenvalue weighted by Crippen LogP contribution is 2.28. The predicted octanol–water partition coefficient (Wildman–Crippen LogP) is 0.479. The van der Waals surface area contributed by atoms with Crippen LogP contribution in [0.15, 0.2) is 6.07 Å². The number of hydrogen-bond donors (Lipinski definition) is 1. The first-order valence-electron chi connectivity index (χ1n) is 5.55. The molecular formula is C9H13F3N4O2S. The zero-order chi connectivity index (χ0) is 14.3. The van der Waals surface area contributed by atoms with Gasteiger partial charge in [-0.15, -0.1) is 0 Å². The van der Waals surface area contributed by atoms with E-state index in [9.17, 15) is 21.6 Å². The first-order valence-corrected chi connectivity index (χ1v) is 6.99. The van der Waals surface area contributed by atoms with Crippen molar-refractivity contribution in [1.82, 2.24) is 18.8 Å². The van der Waals surface area contributed by atoms with Crippen molar-refractivity contribution in [3.05, 3.63) is 17.5 Å². The third kappa shape index (κ3) is 3.07. The molecule has 108 valence electrons. The van der Waals surface area contributed by atoms with Gasteiger partial charge in [0.05, 0.1) is 12.2 Å². The second-order valence-electron chi connectivity index (χ2n) is 4.23. The lowest BCUT2D eigenvalue weighted by Crippen LogP contribution is -2.46. The summed E-state index contributed by atoms with van der Waals surface area (Å²) in [5.74, 6) is 0. The van der Waals surface area contributed by atoms with Crippen molar-refractivity contribution in [1.29, 1.82) is 0 Å². The monoisotopic (exact) mass is 298 g/mol. The molecule has 6 nitrogen and oxygen atoms in total. The molecule has 1 aromatic rings. The summed E-state index contributed by atoms with van der Waals surface area (Å²) in [7, 11) is -2.25. The molecule has 10 heteroatoms. The van der Waals surface area contributed by atoms with Gasteiger partial charge < -0.3 is 0 Å². The minimum absolute atomic E-state index is 0.130. The van der Waals surface area contributed by atoms with Crippen molar-refractivity contribution >= 4 is 10.2 Å². The van der Waals surface area contributed by atoms with E-state index in [1.165, 1.54) is 7.05 Å². The molecule has 1 aromatic heterocycles. The number of rotatable bonds is 2. The van der Waals surface area contributed by atoms with Gasteiger partial charge in [0, 0.05) is 20.1 Å². The predicted molar refractivity (Wildman–Crippen MR) is 60.2 cm³/mol. The Hall–Kier alpha value is -1.13. The quantitative estimate of drug-likeness (QED) is 0.863. The molecule has 0 amide bonds. The average molecular weight is 298 g/mol. The van der Waals surface area contributed by atoms with E-state index in [1.54, 1.807) is 0 Å². The van der Waals surface area contributed by atoms with E-state index in [0.29, 0.717) is 13.0 Å². The number of aromatic nitrogens is 2. The van der Waals surface area contributed by atoms with E-state index < -0.39 is 22.1 Å². The highest BCUT2D eigenvalue weighted by molar-refractivity contribution is 7.87. The summed E-state index contributed by atoms with van der Waals surface area (Å²) in [5, 5.41) is 3.34. The molecule has 0 spiro atoms. The van der Waals surface area contributed by atoms with Crippen LogP contribution >= 0.6 is 0 Å². The Balaban J connectivity index is 2.22. The lowest BCUT2D eigenvalue weighted by Gasteiger charge is -2.26. The van der Waals surface area contributed by atoms with Gasteiger partial charge in [-0.25, -0.2) is 4.72 Å². The van der Waals surface area contributed by atoms with Crippen molar-refractivity contribution in [3.8, 4) is 0 Å². The Kier molecular flexibility index (Phi) is 3.58. The summed E-state index contributed by atoms with van der Waals surface area (Å²) < 4.78 is 65.3. The minimum Gasteiger partial charge on any atom is -0.271 e. The Bertz CT molecular complexity index is 567. The number of aryl methyl sites for hydroxylation is 1. The molecule has 0 aliphatic carbocycles. The first-order chi connectivity index (χ1) is 8.70. The summed E-state index contributed by atoms with van der Waals surface area (Å²) >= 11 is 0. The van der Waals surface area contributed by atoms with Crippen molar-refractivity contribution in [2.45, 2.75) is 19.1 Å². The molecule has 0 radical (unpaired) electrons. The normalized spacial score (nSPS) is 20.6. The van der Waals surface area contributed by atoms with Crippen LogP contribution < -0.4 is 4.72 Å². The van der Waals surface area contributed by atoms with Gasteiger partial charge in [0.1, 0.15) is 0 Å². The Morgan fingerprint density at radius 2 is 2.16 bits per heavy atom. The number of halogens is 3. The summed E-state index contributed by atoms with van der Waals surface area (Å²) in [4.78, 5) is 0. The molecule has 1 aliphatic rings. The maximum atomic E-state index is 12.5. The largest absolute Gasteiger partial charge is 0.435 e. The zero-order valence-electron chi connectivity index (χ0n) is 10.1. The Morgan fingerprint density at radius 3 is 2.68 bits per heavy atom. The molecule has 1 aliphatic heterocycles. The Labute approximate surface area is 108 Å². The van der Waals surface area contributed by atoms with Crippen molar-refractivity contribution in [3.63, 3.8) is 0 Å². The van der Waals surface area contributed by atoms with Crippen LogP contribution in [0.4, 0.5) is 13.2 Å². The highest BCUT2D eigenvalue weighted by atomic mass is 32.2. The molecule has 1 N–H and O–H groups in total. The van der Waals surface area contributed by atoms with Crippen LogP contribution in [-0.4, -0.2) is 35.6 Å². The second-order valence-corrected chi connectivity index (χ2v) is 5.98. The van der Waals surface area contributed by atoms with Gasteiger partial charge in [0.15, 0.2) is 5.69 Å². The average Bonchev–Trinajstić information content (AvgIpc) is 2.63. The summed E-state index contributed by atoms with van der Waals surface area (Å²) in [6.07, 6.45) is -3.92. The lowest BCUT2D eigenvalue weighted by atomic mass is 10.3. The summed E-state index contributed by atoms with van der Waals surface area (Å²) in [6.45, 7) is 0.495. The molecular weight excluding hydrogens is 285 g/mol. The SMILES string of the molecule is Cn1nc(C(F)(F)F)cc1CN1CCCNS1(=O)=O. The molecule has 1 saturated heterocycles. The van der Waals surface area contributed by atoms with Gasteiger partial charge in [-0.05, 0) is 12.5 Å². The third-order valence-corrected chi connectivity index (χ3v) is 4.37.